The van der Waals surface area contributed by atoms with Gasteiger partial charge in [-0.3, -0.25) is 4.79 Å². The zero-order chi connectivity index (χ0) is 14.7. The van der Waals surface area contributed by atoms with Gasteiger partial charge in [-0.1, -0.05) is 6.07 Å². The van der Waals surface area contributed by atoms with Crippen LogP contribution in [0.2, 0.25) is 0 Å². The lowest BCUT2D eigenvalue weighted by Crippen LogP contribution is -2.13. The molecule has 1 amide bonds. The van der Waals surface area contributed by atoms with Crippen LogP contribution < -0.4 is 10.2 Å². The van der Waals surface area contributed by atoms with Gasteiger partial charge in [-0.15, -0.1) is 0 Å². The van der Waals surface area contributed by atoms with Gasteiger partial charge in [-0.05, 0) is 36.4 Å². The van der Waals surface area contributed by atoms with Gasteiger partial charge in [0.05, 0.1) is 5.56 Å². The van der Waals surface area contributed by atoms with Gasteiger partial charge in [0.15, 0.2) is 0 Å². The molecule has 0 unspecified atom stereocenters. The van der Waals surface area contributed by atoms with Crippen LogP contribution in [0, 0.1) is 5.82 Å². The number of anilines is 2. The molecule has 0 radical (unpaired) electrons. The molecule has 0 aliphatic carbocycles. The fraction of sp³-hybridized carbons (Fsp3) is 0.133. The summed E-state index contributed by atoms with van der Waals surface area (Å²) in [6, 6.07) is 10.5. The first kappa shape index (κ1) is 13.9. The number of halogens is 1. The van der Waals surface area contributed by atoms with Crippen molar-refractivity contribution in [2.75, 3.05) is 24.3 Å². The van der Waals surface area contributed by atoms with E-state index in [4.69, 9.17) is 0 Å². The predicted molar refractivity (Wildman–Crippen MR) is 76.8 cm³/mol. The molecule has 20 heavy (non-hydrogen) atoms. The van der Waals surface area contributed by atoms with Crippen LogP contribution in [0.4, 0.5) is 15.8 Å². The largest absolute Gasteiger partial charge is 0.507 e. The molecule has 0 saturated heterocycles. The van der Waals surface area contributed by atoms with Crippen molar-refractivity contribution in [1.29, 1.82) is 0 Å². The smallest absolute Gasteiger partial charge is 0.259 e. The lowest BCUT2D eigenvalue weighted by Gasteiger charge is -2.14. The number of aromatic hydroxyl groups is 1. The van der Waals surface area contributed by atoms with Crippen LogP contribution >= 0.6 is 0 Å². The summed E-state index contributed by atoms with van der Waals surface area (Å²) in [6.45, 7) is 0. The number of phenolic OH excluding ortho intramolecular Hbond substituents is 1. The Morgan fingerprint density at radius 3 is 2.65 bits per heavy atom. The first-order valence-electron chi connectivity index (χ1n) is 6.04. The summed E-state index contributed by atoms with van der Waals surface area (Å²) < 4.78 is 13.1. The topological polar surface area (TPSA) is 52.6 Å². The van der Waals surface area contributed by atoms with Gasteiger partial charge in [-0.25, -0.2) is 4.39 Å². The molecule has 2 rings (SSSR count). The van der Waals surface area contributed by atoms with Crippen LogP contribution in [0.1, 0.15) is 10.4 Å². The summed E-state index contributed by atoms with van der Waals surface area (Å²) in [4.78, 5) is 13.9. The van der Waals surface area contributed by atoms with Crippen molar-refractivity contribution in [3.8, 4) is 5.75 Å². The second-order valence-corrected chi connectivity index (χ2v) is 4.56. The molecule has 0 aliphatic heterocycles. The van der Waals surface area contributed by atoms with Crippen molar-refractivity contribution in [2.24, 2.45) is 0 Å². The number of hydrogen-bond donors (Lipinski definition) is 2. The third-order valence-electron chi connectivity index (χ3n) is 2.82. The summed E-state index contributed by atoms with van der Waals surface area (Å²) >= 11 is 0. The summed E-state index contributed by atoms with van der Waals surface area (Å²) in [5.74, 6) is -1.39. The Kier molecular flexibility index (Phi) is 3.89. The van der Waals surface area contributed by atoms with Crippen molar-refractivity contribution in [2.45, 2.75) is 0 Å². The third kappa shape index (κ3) is 3.06. The summed E-state index contributed by atoms with van der Waals surface area (Å²) in [5, 5.41) is 12.2. The van der Waals surface area contributed by atoms with Gasteiger partial charge in [0.1, 0.15) is 11.6 Å². The number of carbonyl (C=O) groups is 1. The van der Waals surface area contributed by atoms with Gasteiger partial charge in [0.25, 0.3) is 5.91 Å². The Balaban J connectivity index is 2.23. The molecular weight excluding hydrogens is 259 g/mol. The molecule has 0 saturated carbocycles. The maximum Gasteiger partial charge on any atom is 0.259 e. The fourth-order valence-corrected chi connectivity index (χ4v) is 1.75. The summed E-state index contributed by atoms with van der Waals surface area (Å²) in [6.07, 6.45) is 0. The predicted octanol–water partition coefficient (Wildman–Crippen LogP) is 2.85. The second kappa shape index (κ2) is 5.61. The highest BCUT2D eigenvalue weighted by atomic mass is 19.1. The minimum Gasteiger partial charge on any atom is -0.507 e. The van der Waals surface area contributed by atoms with E-state index in [1.165, 1.54) is 0 Å². The highest BCUT2D eigenvalue weighted by Gasteiger charge is 2.12. The third-order valence-corrected chi connectivity index (χ3v) is 2.82. The molecule has 0 spiro atoms. The summed E-state index contributed by atoms with van der Waals surface area (Å²) in [5.41, 5.74) is 1.40. The van der Waals surface area contributed by atoms with Gasteiger partial charge in [-0.2, -0.15) is 0 Å². The van der Waals surface area contributed by atoms with Crippen molar-refractivity contribution in [1.82, 2.24) is 0 Å². The normalized spacial score (nSPS) is 10.2. The molecule has 0 aromatic heterocycles. The van der Waals surface area contributed by atoms with Crippen LogP contribution in [0.5, 0.6) is 5.75 Å². The van der Waals surface area contributed by atoms with E-state index in [1.807, 2.05) is 25.1 Å². The average Bonchev–Trinajstić information content (AvgIpc) is 2.41. The van der Waals surface area contributed by atoms with E-state index in [9.17, 15) is 14.3 Å². The van der Waals surface area contributed by atoms with Crippen molar-refractivity contribution in [3.63, 3.8) is 0 Å². The SMILES string of the molecule is CN(C)c1cccc(NC(=O)c2cc(F)ccc2O)c1. The molecule has 2 N–H and O–H groups in total. The quantitative estimate of drug-likeness (QED) is 0.905. The Hall–Kier alpha value is -2.56. The van der Waals surface area contributed by atoms with Gasteiger partial charge < -0.3 is 15.3 Å². The molecule has 0 heterocycles. The zero-order valence-corrected chi connectivity index (χ0v) is 11.2. The average molecular weight is 274 g/mol. The number of nitrogens with zero attached hydrogens (tertiary/aromatic N) is 1. The van der Waals surface area contributed by atoms with Crippen molar-refractivity contribution < 1.29 is 14.3 Å². The van der Waals surface area contributed by atoms with Gasteiger partial charge in [0, 0.05) is 25.5 Å². The first-order chi connectivity index (χ1) is 9.47. The number of nitrogens with one attached hydrogen (secondary N) is 1. The zero-order valence-electron chi connectivity index (χ0n) is 11.2. The number of hydrogen-bond acceptors (Lipinski definition) is 3. The summed E-state index contributed by atoms with van der Waals surface area (Å²) in [7, 11) is 3.78. The van der Waals surface area contributed by atoms with Gasteiger partial charge >= 0.3 is 0 Å². The number of benzene rings is 2. The van der Waals surface area contributed by atoms with E-state index in [0.717, 1.165) is 23.9 Å². The fourth-order valence-electron chi connectivity index (χ4n) is 1.75. The monoisotopic (exact) mass is 274 g/mol. The number of phenols is 1. The van der Waals surface area contributed by atoms with Gasteiger partial charge in [0.2, 0.25) is 0 Å². The van der Waals surface area contributed by atoms with E-state index in [-0.39, 0.29) is 11.3 Å². The highest BCUT2D eigenvalue weighted by Crippen LogP contribution is 2.21. The molecule has 0 atom stereocenters. The van der Waals surface area contributed by atoms with Crippen molar-refractivity contribution >= 4 is 17.3 Å². The molecule has 0 aliphatic rings. The molecular formula is C15H15FN2O2. The van der Waals surface area contributed by atoms with Crippen LogP contribution in [-0.4, -0.2) is 25.1 Å². The number of amides is 1. The van der Waals surface area contributed by atoms with E-state index in [0.29, 0.717) is 5.69 Å². The van der Waals surface area contributed by atoms with Crippen LogP contribution in [0.3, 0.4) is 0 Å². The molecule has 2 aromatic rings. The molecule has 104 valence electrons. The number of carbonyl (C=O) groups excluding carboxylic acids is 1. The van der Waals surface area contributed by atoms with E-state index >= 15 is 0 Å². The second-order valence-electron chi connectivity index (χ2n) is 4.56. The highest BCUT2D eigenvalue weighted by molar-refractivity contribution is 6.06. The van der Waals surface area contributed by atoms with E-state index in [2.05, 4.69) is 5.32 Å². The Labute approximate surface area is 116 Å². The Morgan fingerprint density at radius 1 is 1.20 bits per heavy atom. The van der Waals surface area contributed by atoms with Crippen LogP contribution in [0.15, 0.2) is 42.5 Å². The maximum atomic E-state index is 13.1. The Morgan fingerprint density at radius 2 is 1.95 bits per heavy atom. The molecule has 4 nitrogen and oxygen atoms in total. The van der Waals surface area contributed by atoms with Crippen LogP contribution in [-0.2, 0) is 0 Å². The molecule has 2 aromatic carbocycles. The lowest BCUT2D eigenvalue weighted by atomic mass is 10.1. The minimum absolute atomic E-state index is 0.0970. The molecule has 0 bridgehead atoms. The lowest BCUT2D eigenvalue weighted by molar-refractivity contribution is 0.102. The minimum atomic E-state index is -0.574. The maximum absolute atomic E-state index is 13.1. The molecule has 5 heteroatoms. The molecule has 0 fully saturated rings. The Bertz CT molecular complexity index is 642. The van der Waals surface area contributed by atoms with Crippen molar-refractivity contribution in [3.05, 3.63) is 53.8 Å². The number of rotatable bonds is 3. The standard InChI is InChI=1S/C15H15FN2O2/c1-18(2)12-5-3-4-11(9-12)17-15(20)13-8-10(16)6-7-14(13)19/h3-9,19H,1-2H3,(H,17,20). The van der Waals surface area contributed by atoms with E-state index < -0.39 is 11.7 Å². The van der Waals surface area contributed by atoms with Crippen LogP contribution in [0.25, 0.3) is 0 Å². The van der Waals surface area contributed by atoms with E-state index in [1.54, 1.807) is 18.2 Å². The first-order valence-corrected chi connectivity index (χ1v) is 6.04.